The van der Waals surface area contributed by atoms with Crippen molar-refractivity contribution >= 4 is 12.0 Å². The molecule has 1 N–H and O–H groups in total. The lowest BCUT2D eigenvalue weighted by Gasteiger charge is -2.37. The van der Waals surface area contributed by atoms with Crippen LogP contribution in [0.3, 0.4) is 0 Å². The summed E-state index contributed by atoms with van der Waals surface area (Å²) >= 11 is 0. The van der Waals surface area contributed by atoms with E-state index in [9.17, 15) is 9.59 Å². The number of urea groups is 1. The van der Waals surface area contributed by atoms with Gasteiger partial charge in [-0.05, 0) is 6.92 Å². The summed E-state index contributed by atoms with van der Waals surface area (Å²) in [4.78, 5) is 28.5. The van der Waals surface area contributed by atoms with Gasteiger partial charge in [-0.25, -0.2) is 4.79 Å². The predicted molar refractivity (Wildman–Crippen MR) is 74.8 cm³/mol. The molecule has 1 aliphatic rings. The lowest BCUT2D eigenvalue weighted by molar-refractivity contribution is -0.137. The van der Waals surface area contributed by atoms with Gasteiger partial charge in [0.05, 0.1) is 13.0 Å². The third kappa shape index (κ3) is 5.34. The van der Waals surface area contributed by atoms with Crippen molar-refractivity contribution in [2.75, 3.05) is 59.5 Å². The van der Waals surface area contributed by atoms with E-state index in [0.717, 1.165) is 13.1 Å². The number of hydrogen-bond donors (Lipinski definition) is 1. The van der Waals surface area contributed by atoms with Gasteiger partial charge in [0.2, 0.25) is 0 Å². The summed E-state index contributed by atoms with van der Waals surface area (Å²) in [6.45, 7) is 7.10. The first kappa shape index (κ1) is 16.7. The van der Waals surface area contributed by atoms with E-state index in [1.165, 1.54) is 0 Å². The zero-order valence-electron chi connectivity index (χ0n) is 12.4. The van der Waals surface area contributed by atoms with Gasteiger partial charge in [0.1, 0.15) is 0 Å². The number of amides is 2. The quantitative estimate of drug-likeness (QED) is 0.722. The van der Waals surface area contributed by atoms with Gasteiger partial charge in [0.25, 0.3) is 0 Å². The highest BCUT2D eigenvalue weighted by molar-refractivity contribution is 5.74. The van der Waals surface area contributed by atoms with Crippen molar-refractivity contribution in [3.05, 3.63) is 0 Å². The zero-order chi connectivity index (χ0) is 15.0. The number of piperazine rings is 1. The molecule has 0 saturated carbocycles. The van der Waals surface area contributed by atoms with Crippen LogP contribution in [0.25, 0.3) is 0 Å². The van der Waals surface area contributed by atoms with Crippen LogP contribution in [0.15, 0.2) is 0 Å². The van der Waals surface area contributed by atoms with Crippen molar-refractivity contribution in [1.29, 1.82) is 0 Å². The van der Waals surface area contributed by atoms with Crippen molar-refractivity contribution in [2.45, 2.75) is 13.3 Å². The highest BCUT2D eigenvalue weighted by Crippen LogP contribution is 2.06. The fraction of sp³-hybridized carbons (Fsp3) is 0.846. The van der Waals surface area contributed by atoms with Gasteiger partial charge in [-0.1, -0.05) is 0 Å². The Morgan fingerprint density at radius 2 is 1.90 bits per heavy atom. The molecular formula is C13H25N3O4. The smallest absolute Gasteiger partial charge is 0.320 e. The third-order valence-corrected chi connectivity index (χ3v) is 3.50. The first-order valence-corrected chi connectivity index (χ1v) is 7.05. The molecule has 20 heavy (non-hydrogen) atoms. The highest BCUT2D eigenvalue weighted by atomic mass is 16.5. The number of rotatable bonds is 7. The van der Waals surface area contributed by atoms with Crippen LogP contribution in [0.5, 0.6) is 0 Å². The number of aliphatic carboxylic acids is 1. The Labute approximate surface area is 120 Å². The first-order valence-electron chi connectivity index (χ1n) is 7.05. The number of hydrogen-bond acceptors (Lipinski definition) is 4. The van der Waals surface area contributed by atoms with E-state index in [1.54, 1.807) is 12.0 Å². The Kier molecular flexibility index (Phi) is 7.32. The standard InChI is InChI=1S/C13H25N3O4/c1-3-15(10-11-20-2)13(19)16-8-6-14(7-9-16)5-4-12(17)18/h3-11H2,1-2H3,(H,17,18). The van der Waals surface area contributed by atoms with Crippen LogP contribution in [0.4, 0.5) is 4.79 Å². The fourth-order valence-corrected chi connectivity index (χ4v) is 2.21. The molecule has 0 bridgehead atoms. The van der Waals surface area contributed by atoms with Crippen molar-refractivity contribution in [3.8, 4) is 0 Å². The summed E-state index contributed by atoms with van der Waals surface area (Å²) in [7, 11) is 1.62. The van der Waals surface area contributed by atoms with Gasteiger partial charge in [0.15, 0.2) is 0 Å². The minimum Gasteiger partial charge on any atom is -0.481 e. The maximum absolute atomic E-state index is 12.3. The molecule has 0 aliphatic carbocycles. The van der Waals surface area contributed by atoms with Gasteiger partial charge in [-0.3, -0.25) is 9.69 Å². The number of ether oxygens (including phenoxy) is 1. The molecule has 0 atom stereocenters. The van der Waals surface area contributed by atoms with Crippen LogP contribution in [0.1, 0.15) is 13.3 Å². The molecule has 1 rings (SSSR count). The fourth-order valence-electron chi connectivity index (χ4n) is 2.21. The molecule has 7 nitrogen and oxygen atoms in total. The van der Waals surface area contributed by atoms with E-state index >= 15 is 0 Å². The molecule has 0 aromatic rings. The lowest BCUT2D eigenvalue weighted by atomic mass is 10.3. The van der Waals surface area contributed by atoms with Crippen molar-refractivity contribution < 1.29 is 19.4 Å². The number of carbonyl (C=O) groups excluding carboxylic acids is 1. The van der Waals surface area contributed by atoms with Crippen LogP contribution in [0.2, 0.25) is 0 Å². The van der Waals surface area contributed by atoms with Gasteiger partial charge in [-0.2, -0.15) is 0 Å². The van der Waals surface area contributed by atoms with Crippen molar-refractivity contribution in [1.82, 2.24) is 14.7 Å². The summed E-state index contributed by atoms with van der Waals surface area (Å²) in [6, 6.07) is 0.0439. The largest absolute Gasteiger partial charge is 0.481 e. The summed E-state index contributed by atoms with van der Waals surface area (Å²) in [5, 5.41) is 8.66. The third-order valence-electron chi connectivity index (χ3n) is 3.50. The number of nitrogens with zero attached hydrogens (tertiary/aromatic N) is 3. The van der Waals surface area contributed by atoms with E-state index in [1.807, 2.05) is 11.8 Å². The molecule has 0 spiro atoms. The Morgan fingerprint density at radius 3 is 2.40 bits per heavy atom. The second-order valence-corrected chi connectivity index (χ2v) is 4.83. The van der Waals surface area contributed by atoms with Gasteiger partial charge in [-0.15, -0.1) is 0 Å². The molecule has 7 heteroatoms. The minimum absolute atomic E-state index is 0.0439. The molecule has 0 aromatic carbocycles. The molecule has 1 aliphatic heterocycles. The Balaban J connectivity index is 2.35. The number of carbonyl (C=O) groups is 2. The van der Waals surface area contributed by atoms with E-state index in [-0.39, 0.29) is 12.5 Å². The molecular weight excluding hydrogens is 262 g/mol. The number of methoxy groups -OCH3 is 1. The summed E-state index contributed by atoms with van der Waals surface area (Å²) in [5.74, 6) is -0.778. The summed E-state index contributed by atoms with van der Waals surface area (Å²) in [5.41, 5.74) is 0. The van der Waals surface area contributed by atoms with Crippen LogP contribution >= 0.6 is 0 Å². The van der Waals surface area contributed by atoms with Gasteiger partial charge in [0, 0.05) is 52.9 Å². The monoisotopic (exact) mass is 287 g/mol. The second-order valence-electron chi connectivity index (χ2n) is 4.83. The minimum atomic E-state index is -0.778. The molecule has 1 heterocycles. The highest BCUT2D eigenvalue weighted by Gasteiger charge is 2.24. The second kappa shape index (κ2) is 8.76. The molecule has 116 valence electrons. The van der Waals surface area contributed by atoms with Crippen molar-refractivity contribution in [3.63, 3.8) is 0 Å². The molecule has 2 amide bonds. The average molecular weight is 287 g/mol. The van der Waals surface area contributed by atoms with Crippen LogP contribution in [0, 0.1) is 0 Å². The number of carboxylic acid groups (broad SMARTS) is 1. The van der Waals surface area contributed by atoms with Gasteiger partial charge >= 0.3 is 12.0 Å². The van der Waals surface area contributed by atoms with Gasteiger partial charge < -0.3 is 19.6 Å². The normalized spacial score (nSPS) is 16.2. The topological polar surface area (TPSA) is 73.3 Å². The molecule has 0 radical (unpaired) electrons. The summed E-state index contributed by atoms with van der Waals surface area (Å²) < 4.78 is 5.01. The summed E-state index contributed by atoms with van der Waals surface area (Å²) in [6.07, 6.45) is 0.156. The van der Waals surface area contributed by atoms with Crippen LogP contribution in [-0.2, 0) is 9.53 Å². The SMILES string of the molecule is CCN(CCOC)C(=O)N1CCN(CCC(=O)O)CC1. The van der Waals surface area contributed by atoms with Crippen molar-refractivity contribution in [2.24, 2.45) is 0 Å². The van der Waals surface area contributed by atoms with Crippen LogP contribution in [-0.4, -0.2) is 91.3 Å². The lowest BCUT2D eigenvalue weighted by Crippen LogP contribution is -2.53. The predicted octanol–water partition coefficient (Wildman–Crippen LogP) is 0.167. The number of carboxylic acids is 1. The molecule has 1 saturated heterocycles. The van der Waals surface area contributed by atoms with E-state index in [0.29, 0.717) is 39.3 Å². The zero-order valence-corrected chi connectivity index (χ0v) is 12.4. The molecule has 0 unspecified atom stereocenters. The van der Waals surface area contributed by atoms with Crippen LogP contribution < -0.4 is 0 Å². The Hall–Kier alpha value is -1.34. The van der Waals surface area contributed by atoms with E-state index < -0.39 is 5.97 Å². The Bertz CT molecular complexity index is 317. The maximum Gasteiger partial charge on any atom is 0.320 e. The number of likely N-dealkylation sites (N-methyl/N-ethyl adjacent to an activating group) is 1. The average Bonchev–Trinajstić information content (AvgIpc) is 2.46. The van der Waals surface area contributed by atoms with E-state index in [2.05, 4.69) is 4.90 Å². The molecule has 0 aromatic heterocycles. The Morgan fingerprint density at radius 1 is 1.25 bits per heavy atom. The molecule has 1 fully saturated rings. The van der Waals surface area contributed by atoms with E-state index in [4.69, 9.17) is 9.84 Å². The maximum atomic E-state index is 12.3. The first-order chi connectivity index (χ1) is 9.58.